The van der Waals surface area contributed by atoms with E-state index >= 15 is 0 Å². The van der Waals surface area contributed by atoms with Crippen LogP contribution in [-0.4, -0.2) is 10.1 Å². The summed E-state index contributed by atoms with van der Waals surface area (Å²) < 4.78 is 5.48. The largest absolute Gasteiger partial charge is 0.333 e. The molecule has 0 bridgehead atoms. The van der Waals surface area contributed by atoms with Crippen LogP contribution >= 0.6 is 11.3 Å². The van der Waals surface area contributed by atoms with Gasteiger partial charge in [0.15, 0.2) is 0 Å². The molecule has 2 aromatic heterocycles. The summed E-state index contributed by atoms with van der Waals surface area (Å²) in [7, 11) is 0. The molecule has 0 aliphatic rings. The number of hydrogen-bond donors (Lipinski definition) is 0. The third kappa shape index (κ3) is 3.37. The van der Waals surface area contributed by atoms with Crippen LogP contribution in [0.3, 0.4) is 0 Å². The molecule has 0 atom stereocenters. The highest BCUT2D eigenvalue weighted by Gasteiger charge is 2.14. The Hall–Kier alpha value is -1.94. The highest BCUT2D eigenvalue weighted by molar-refractivity contribution is 7.15. The van der Waals surface area contributed by atoms with Gasteiger partial charge in [0.05, 0.1) is 4.88 Å². The molecule has 1 aromatic carbocycles. The highest BCUT2D eigenvalue weighted by Crippen LogP contribution is 2.30. The molecule has 2 heterocycles. The monoisotopic (exact) mass is 326 g/mol. The van der Waals surface area contributed by atoms with E-state index in [9.17, 15) is 0 Å². The van der Waals surface area contributed by atoms with Gasteiger partial charge in [-0.15, -0.1) is 11.3 Å². The highest BCUT2D eigenvalue weighted by atomic mass is 32.1. The van der Waals surface area contributed by atoms with Crippen LogP contribution in [0.1, 0.15) is 35.4 Å². The summed E-state index contributed by atoms with van der Waals surface area (Å²) in [6, 6.07) is 8.47. The van der Waals surface area contributed by atoms with Crippen molar-refractivity contribution in [2.24, 2.45) is 5.92 Å². The summed E-state index contributed by atoms with van der Waals surface area (Å²) in [5.74, 6) is 1.92. The van der Waals surface area contributed by atoms with Gasteiger partial charge in [-0.25, -0.2) is 0 Å². The standard InChI is InChI=1S/C19H22N2OS/c1-11(2)8-16-6-7-17(23-16)19-20-18(21-22-19)15-9-12(3)14(5)13(4)10-15/h6-7,9-11H,8H2,1-5H3. The molecule has 23 heavy (non-hydrogen) atoms. The van der Waals surface area contributed by atoms with Gasteiger partial charge in [-0.3, -0.25) is 0 Å². The van der Waals surface area contributed by atoms with Crippen LogP contribution in [0, 0.1) is 26.7 Å². The number of aryl methyl sites for hydroxylation is 2. The Morgan fingerprint density at radius 3 is 2.43 bits per heavy atom. The molecular formula is C19H22N2OS. The quantitative estimate of drug-likeness (QED) is 0.627. The van der Waals surface area contributed by atoms with Gasteiger partial charge < -0.3 is 4.52 Å². The van der Waals surface area contributed by atoms with Crippen LogP contribution in [-0.2, 0) is 6.42 Å². The van der Waals surface area contributed by atoms with Crippen molar-refractivity contribution in [3.8, 4) is 22.2 Å². The van der Waals surface area contributed by atoms with Gasteiger partial charge in [-0.2, -0.15) is 4.98 Å². The van der Waals surface area contributed by atoms with Crippen molar-refractivity contribution < 1.29 is 4.52 Å². The van der Waals surface area contributed by atoms with Gasteiger partial charge in [0, 0.05) is 10.4 Å². The first-order valence-electron chi connectivity index (χ1n) is 7.95. The van der Waals surface area contributed by atoms with Gasteiger partial charge in [0.1, 0.15) is 0 Å². The minimum Gasteiger partial charge on any atom is -0.333 e. The van der Waals surface area contributed by atoms with Crippen LogP contribution < -0.4 is 0 Å². The molecule has 120 valence electrons. The fourth-order valence-corrected chi connectivity index (χ4v) is 3.75. The minimum absolute atomic E-state index is 0.607. The molecule has 3 nitrogen and oxygen atoms in total. The molecule has 0 radical (unpaired) electrons. The first-order valence-corrected chi connectivity index (χ1v) is 8.76. The maximum Gasteiger partial charge on any atom is 0.268 e. The lowest BCUT2D eigenvalue weighted by Crippen LogP contribution is -1.90. The van der Waals surface area contributed by atoms with E-state index in [1.165, 1.54) is 21.6 Å². The molecule has 0 amide bonds. The van der Waals surface area contributed by atoms with E-state index in [1.54, 1.807) is 11.3 Å². The summed E-state index contributed by atoms with van der Waals surface area (Å²) in [4.78, 5) is 6.99. The summed E-state index contributed by atoms with van der Waals surface area (Å²) in [6.45, 7) is 10.8. The zero-order valence-electron chi connectivity index (χ0n) is 14.3. The first kappa shape index (κ1) is 15.9. The van der Waals surface area contributed by atoms with Gasteiger partial charge in [0.2, 0.25) is 5.82 Å². The number of nitrogens with zero attached hydrogens (tertiary/aromatic N) is 2. The first-order chi connectivity index (χ1) is 10.9. The van der Waals surface area contributed by atoms with Crippen molar-refractivity contribution in [2.75, 3.05) is 0 Å². The average molecular weight is 326 g/mol. The number of benzene rings is 1. The Balaban J connectivity index is 1.90. The Morgan fingerprint density at radius 1 is 1.09 bits per heavy atom. The molecule has 0 aliphatic heterocycles. The average Bonchev–Trinajstić information content (AvgIpc) is 3.12. The summed E-state index contributed by atoms with van der Waals surface area (Å²) in [5.41, 5.74) is 4.83. The topological polar surface area (TPSA) is 38.9 Å². The van der Waals surface area contributed by atoms with Crippen molar-refractivity contribution >= 4 is 11.3 Å². The fourth-order valence-electron chi connectivity index (χ4n) is 2.61. The number of thiophene rings is 1. The second kappa shape index (κ2) is 6.28. The van der Waals surface area contributed by atoms with Crippen molar-refractivity contribution in [1.82, 2.24) is 10.1 Å². The lowest BCUT2D eigenvalue weighted by molar-refractivity contribution is 0.433. The molecular weight excluding hydrogens is 304 g/mol. The zero-order valence-corrected chi connectivity index (χ0v) is 15.1. The number of rotatable bonds is 4. The second-order valence-electron chi connectivity index (χ2n) is 6.52. The number of hydrogen-bond acceptors (Lipinski definition) is 4. The van der Waals surface area contributed by atoms with Crippen LogP contribution in [0.4, 0.5) is 0 Å². The molecule has 0 aliphatic carbocycles. The Bertz CT molecular complexity index is 807. The van der Waals surface area contributed by atoms with Crippen molar-refractivity contribution in [3.05, 3.63) is 45.8 Å². The zero-order chi connectivity index (χ0) is 16.6. The summed E-state index contributed by atoms with van der Waals surface area (Å²) in [6.07, 6.45) is 1.09. The smallest absolute Gasteiger partial charge is 0.268 e. The third-order valence-electron chi connectivity index (χ3n) is 4.09. The van der Waals surface area contributed by atoms with Gasteiger partial charge in [-0.05, 0) is 74.1 Å². The van der Waals surface area contributed by atoms with Crippen molar-refractivity contribution in [3.63, 3.8) is 0 Å². The van der Waals surface area contributed by atoms with E-state index in [4.69, 9.17) is 4.52 Å². The van der Waals surface area contributed by atoms with Gasteiger partial charge in [-0.1, -0.05) is 19.0 Å². The van der Waals surface area contributed by atoms with Crippen LogP contribution in [0.2, 0.25) is 0 Å². The molecule has 3 rings (SSSR count). The minimum atomic E-state index is 0.607. The van der Waals surface area contributed by atoms with Crippen LogP contribution in [0.15, 0.2) is 28.8 Å². The predicted molar refractivity (Wildman–Crippen MR) is 95.8 cm³/mol. The molecule has 4 heteroatoms. The van der Waals surface area contributed by atoms with Crippen LogP contribution in [0.5, 0.6) is 0 Å². The maximum atomic E-state index is 5.48. The van der Waals surface area contributed by atoms with Gasteiger partial charge >= 0.3 is 0 Å². The molecule has 3 aromatic rings. The maximum absolute atomic E-state index is 5.48. The fraction of sp³-hybridized carbons (Fsp3) is 0.368. The van der Waals surface area contributed by atoms with Gasteiger partial charge in [0.25, 0.3) is 5.89 Å². The molecule has 0 N–H and O–H groups in total. The van der Waals surface area contributed by atoms with E-state index in [1.807, 2.05) is 0 Å². The van der Waals surface area contributed by atoms with Crippen LogP contribution in [0.25, 0.3) is 22.2 Å². The number of aromatic nitrogens is 2. The lowest BCUT2D eigenvalue weighted by atomic mass is 10.0. The van der Waals surface area contributed by atoms with E-state index in [0.717, 1.165) is 16.9 Å². The Labute approximate surface area is 141 Å². The normalized spacial score (nSPS) is 11.4. The molecule has 0 saturated carbocycles. The molecule has 0 spiro atoms. The predicted octanol–water partition coefficient (Wildman–Crippen LogP) is 5.59. The Morgan fingerprint density at radius 2 is 1.78 bits per heavy atom. The molecule has 0 unspecified atom stereocenters. The van der Waals surface area contributed by atoms with E-state index < -0.39 is 0 Å². The summed E-state index contributed by atoms with van der Waals surface area (Å²) >= 11 is 1.74. The summed E-state index contributed by atoms with van der Waals surface area (Å²) in [5, 5.41) is 4.17. The van der Waals surface area contributed by atoms with Crippen molar-refractivity contribution in [1.29, 1.82) is 0 Å². The van der Waals surface area contributed by atoms with Crippen molar-refractivity contribution in [2.45, 2.75) is 41.0 Å². The van der Waals surface area contributed by atoms with E-state index in [2.05, 4.69) is 69.0 Å². The SMILES string of the molecule is Cc1cc(-c2noc(-c3ccc(CC(C)C)s3)n2)cc(C)c1C. The lowest BCUT2D eigenvalue weighted by Gasteiger charge is -2.06. The molecule has 0 fully saturated rings. The molecule has 0 saturated heterocycles. The van der Waals surface area contributed by atoms with E-state index in [0.29, 0.717) is 17.6 Å². The third-order valence-corrected chi connectivity index (χ3v) is 5.19. The van der Waals surface area contributed by atoms with E-state index in [-0.39, 0.29) is 0 Å². The Kier molecular flexibility index (Phi) is 4.35. The second-order valence-corrected chi connectivity index (χ2v) is 7.69.